The third-order valence-electron chi connectivity index (χ3n) is 3.44. The second-order valence-corrected chi connectivity index (χ2v) is 5.10. The topological polar surface area (TPSA) is 80.0 Å². The number of halogens is 1. The highest BCUT2D eigenvalue weighted by Crippen LogP contribution is 2.11. The number of rotatable bonds is 5. The highest BCUT2D eigenvalue weighted by Gasteiger charge is 2.09. The minimum atomic E-state index is -0.471. The highest BCUT2D eigenvalue weighted by molar-refractivity contribution is 5.92. The summed E-state index contributed by atoms with van der Waals surface area (Å²) in [4.78, 5) is 16.5. The van der Waals surface area contributed by atoms with Crippen LogP contribution in [-0.2, 0) is 13.2 Å². The van der Waals surface area contributed by atoms with Gasteiger partial charge in [0.2, 0.25) is 0 Å². The number of carbonyl (C=O) groups excluding carboxylic acids is 1. The molecule has 0 bridgehead atoms. The van der Waals surface area contributed by atoms with Crippen LogP contribution >= 0.6 is 0 Å². The van der Waals surface area contributed by atoms with Crippen LogP contribution in [0.4, 0.5) is 4.39 Å². The van der Waals surface area contributed by atoms with Gasteiger partial charge in [-0.05, 0) is 35.9 Å². The van der Waals surface area contributed by atoms with E-state index in [0.29, 0.717) is 11.4 Å². The molecule has 2 N–H and O–H groups in total. The molecule has 0 spiro atoms. The number of hydrogen-bond donors (Lipinski definition) is 2. The van der Waals surface area contributed by atoms with E-state index in [2.05, 4.69) is 15.4 Å². The van der Waals surface area contributed by atoms with Crippen LogP contribution in [0.2, 0.25) is 0 Å². The number of benzene rings is 1. The van der Waals surface area contributed by atoms with Gasteiger partial charge in [-0.3, -0.25) is 4.79 Å². The number of aliphatic hydroxyl groups excluding tert-OH is 1. The van der Waals surface area contributed by atoms with Crippen molar-refractivity contribution in [3.8, 4) is 5.82 Å². The van der Waals surface area contributed by atoms with Gasteiger partial charge in [-0.15, -0.1) is 0 Å². The first-order valence-electron chi connectivity index (χ1n) is 7.31. The predicted molar refractivity (Wildman–Crippen MR) is 84.9 cm³/mol. The van der Waals surface area contributed by atoms with Crippen LogP contribution in [-0.4, -0.2) is 25.8 Å². The minimum absolute atomic E-state index is 0.195. The van der Waals surface area contributed by atoms with Gasteiger partial charge in [-0.2, -0.15) is 5.10 Å². The molecule has 3 aromatic rings. The number of carbonyl (C=O) groups is 1. The normalized spacial score (nSPS) is 10.6. The average molecular weight is 326 g/mol. The zero-order valence-electron chi connectivity index (χ0n) is 12.7. The van der Waals surface area contributed by atoms with E-state index in [1.54, 1.807) is 47.4 Å². The Balaban J connectivity index is 1.70. The molecule has 0 aliphatic carbocycles. The molecule has 2 heterocycles. The quantitative estimate of drug-likeness (QED) is 0.749. The molecule has 24 heavy (non-hydrogen) atoms. The van der Waals surface area contributed by atoms with Crippen molar-refractivity contribution in [1.82, 2.24) is 20.1 Å². The molecule has 0 fully saturated rings. The molecule has 122 valence electrons. The lowest BCUT2D eigenvalue weighted by molar-refractivity contribution is 0.0946. The average Bonchev–Trinajstić information content (AvgIpc) is 3.15. The van der Waals surface area contributed by atoms with Crippen LogP contribution in [0.15, 0.2) is 54.9 Å². The molecule has 3 rings (SSSR count). The van der Waals surface area contributed by atoms with Crippen molar-refractivity contribution < 1.29 is 14.3 Å². The van der Waals surface area contributed by atoms with E-state index in [1.165, 1.54) is 12.1 Å². The van der Waals surface area contributed by atoms with Crippen LogP contribution in [0.1, 0.15) is 21.6 Å². The first kappa shape index (κ1) is 15.8. The Labute approximate surface area is 137 Å². The van der Waals surface area contributed by atoms with Gasteiger partial charge in [0.1, 0.15) is 11.5 Å². The zero-order valence-corrected chi connectivity index (χ0v) is 12.7. The van der Waals surface area contributed by atoms with E-state index >= 15 is 0 Å². The molecular weight excluding hydrogens is 311 g/mol. The lowest BCUT2D eigenvalue weighted by Gasteiger charge is -2.08. The third kappa shape index (κ3) is 3.47. The zero-order chi connectivity index (χ0) is 16.9. The van der Waals surface area contributed by atoms with E-state index in [9.17, 15) is 9.18 Å². The number of aromatic nitrogens is 3. The smallest absolute Gasteiger partial charge is 0.270 e. The van der Waals surface area contributed by atoms with Gasteiger partial charge >= 0.3 is 0 Å². The summed E-state index contributed by atoms with van der Waals surface area (Å²) in [5.41, 5.74) is 1.14. The number of nitrogens with one attached hydrogen (secondary N) is 1. The Hall–Kier alpha value is -3.06. The van der Waals surface area contributed by atoms with Crippen molar-refractivity contribution in [3.63, 3.8) is 0 Å². The van der Waals surface area contributed by atoms with E-state index in [1.807, 2.05) is 0 Å². The summed E-state index contributed by atoms with van der Waals surface area (Å²) < 4.78 is 14.9. The summed E-state index contributed by atoms with van der Waals surface area (Å²) in [7, 11) is 0. The number of nitrogens with zero attached hydrogens (tertiary/aromatic N) is 3. The molecule has 0 aliphatic heterocycles. The van der Waals surface area contributed by atoms with Gasteiger partial charge in [-0.25, -0.2) is 14.1 Å². The van der Waals surface area contributed by atoms with Crippen LogP contribution in [0, 0.1) is 5.82 Å². The number of aliphatic hydroxyl groups is 1. The van der Waals surface area contributed by atoms with E-state index in [-0.39, 0.29) is 30.3 Å². The first-order valence-corrected chi connectivity index (χ1v) is 7.31. The van der Waals surface area contributed by atoms with Crippen LogP contribution in [0.25, 0.3) is 5.82 Å². The Kier molecular flexibility index (Phi) is 4.62. The standard InChI is InChI=1S/C17H15FN4O2/c18-14-6-5-12(9-13(14)11-23)10-19-17(24)15-3-1-4-16(21-15)22-8-2-7-20-22/h1-9,23H,10-11H2,(H,19,24). The van der Waals surface area contributed by atoms with Crippen LogP contribution in [0.5, 0.6) is 0 Å². The molecule has 1 amide bonds. The van der Waals surface area contributed by atoms with Gasteiger partial charge in [0.05, 0.1) is 6.61 Å². The van der Waals surface area contributed by atoms with Gasteiger partial charge in [0.25, 0.3) is 5.91 Å². The van der Waals surface area contributed by atoms with Gasteiger partial charge in [0.15, 0.2) is 5.82 Å². The fourth-order valence-electron chi connectivity index (χ4n) is 2.21. The highest BCUT2D eigenvalue weighted by atomic mass is 19.1. The van der Waals surface area contributed by atoms with Crippen molar-refractivity contribution in [1.29, 1.82) is 0 Å². The van der Waals surface area contributed by atoms with E-state index < -0.39 is 5.82 Å². The summed E-state index contributed by atoms with van der Waals surface area (Å²) in [6, 6.07) is 11.2. The molecule has 0 atom stereocenters. The van der Waals surface area contributed by atoms with Crippen molar-refractivity contribution in [3.05, 3.63) is 77.5 Å². The monoisotopic (exact) mass is 326 g/mol. The first-order chi connectivity index (χ1) is 11.7. The Bertz CT molecular complexity index is 850. The van der Waals surface area contributed by atoms with Crippen molar-refractivity contribution in [2.45, 2.75) is 13.2 Å². The Morgan fingerprint density at radius 2 is 2.12 bits per heavy atom. The fraction of sp³-hybridized carbons (Fsp3) is 0.118. The minimum Gasteiger partial charge on any atom is -0.392 e. The second-order valence-electron chi connectivity index (χ2n) is 5.10. The lowest BCUT2D eigenvalue weighted by Crippen LogP contribution is -2.24. The Morgan fingerprint density at radius 3 is 2.88 bits per heavy atom. The molecular formula is C17H15FN4O2. The Morgan fingerprint density at radius 1 is 1.25 bits per heavy atom. The molecule has 6 nitrogen and oxygen atoms in total. The predicted octanol–water partition coefficient (Wildman–Crippen LogP) is 1.83. The van der Waals surface area contributed by atoms with Crippen molar-refractivity contribution in [2.75, 3.05) is 0 Å². The molecule has 2 aromatic heterocycles. The second kappa shape index (κ2) is 7.01. The molecule has 0 aliphatic rings. The number of amides is 1. The maximum atomic E-state index is 13.3. The molecule has 0 saturated carbocycles. The van der Waals surface area contributed by atoms with E-state index in [0.717, 1.165) is 0 Å². The molecule has 7 heteroatoms. The molecule has 0 unspecified atom stereocenters. The summed E-state index contributed by atoms with van der Waals surface area (Å²) in [6.07, 6.45) is 3.36. The lowest BCUT2D eigenvalue weighted by atomic mass is 10.1. The summed E-state index contributed by atoms with van der Waals surface area (Å²) >= 11 is 0. The number of pyridine rings is 1. The van der Waals surface area contributed by atoms with Crippen LogP contribution in [0.3, 0.4) is 0 Å². The molecule has 1 aromatic carbocycles. The summed E-state index contributed by atoms with van der Waals surface area (Å²) in [5.74, 6) is -0.281. The van der Waals surface area contributed by atoms with Crippen molar-refractivity contribution in [2.24, 2.45) is 0 Å². The maximum Gasteiger partial charge on any atom is 0.270 e. The van der Waals surface area contributed by atoms with Crippen LogP contribution < -0.4 is 5.32 Å². The number of hydrogen-bond acceptors (Lipinski definition) is 4. The SMILES string of the molecule is O=C(NCc1ccc(F)c(CO)c1)c1cccc(-n2cccn2)n1. The summed E-state index contributed by atoms with van der Waals surface area (Å²) in [6.45, 7) is -0.180. The maximum absolute atomic E-state index is 13.3. The summed E-state index contributed by atoms with van der Waals surface area (Å²) in [5, 5.41) is 15.9. The van der Waals surface area contributed by atoms with Gasteiger partial charge in [-0.1, -0.05) is 12.1 Å². The van der Waals surface area contributed by atoms with Gasteiger partial charge < -0.3 is 10.4 Å². The van der Waals surface area contributed by atoms with Gasteiger partial charge in [0, 0.05) is 24.5 Å². The van der Waals surface area contributed by atoms with Crippen molar-refractivity contribution >= 4 is 5.91 Å². The molecule has 0 saturated heterocycles. The largest absolute Gasteiger partial charge is 0.392 e. The third-order valence-corrected chi connectivity index (χ3v) is 3.44. The van der Waals surface area contributed by atoms with E-state index in [4.69, 9.17) is 5.11 Å². The molecule has 0 radical (unpaired) electrons. The fourth-order valence-corrected chi connectivity index (χ4v) is 2.21.